The Morgan fingerprint density at radius 1 is 1.07 bits per heavy atom. The molecule has 0 aromatic heterocycles. The van der Waals surface area contributed by atoms with Gasteiger partial charge < -0.3 is 20.3 Å². The van der Waals surface area contributed by atoms with Crippen LogP contribution in [0.2, 0.25) is 0 Å². The minimum Gasteiger partial charge on any atom is -0.516 e. The molecule has 5 nitrogen and oxygen atoms in total. The zero-order valence-corrected chi connectivity index (χ0v) is 17.2. The summed E-state index contributed by atoms with van der Waals surface area (Å²) < 4.78 is 11.0. The van der Waals surface area contributed by atoms with Crippen molar-refractivity contribution < 1.29 is 14.6 Å². The molecule has 0 saturated heterocycles. The number of nitrogens with zero attached hydrogens (tertiary/aromatic N) is 1. The summed E-state index contributed by atoms with van der Waals surface area (Å²) >= 11 is 0. The van der Waals surface area contributed by atoms with Gasteiger partial charge in [0.1, 0.15) is 12.4 Å². The molecule has 0 fully saturated rings. The summed E-state index contributed by atoms with van der Waals surface area (Å²) in [6.45, 7) is 5.41. The van der Waals surface area contributed by atoms with Crippen LogP contribution in [-0.2, 0) is 10.3 Å². The van der Waals surface area contributed by atoms with E-state index in [1.807, 2.05) is 24.3 Å². The number of ether oxygens (including phenoxy) is 2. The number of nitrogens with two attached hydrogens (primary N) is 1. The third kappa shape index (κ3) is 4.15. The predicted molar refractivity (Wildman–Crippen MR) is 121 cm³/mol. The van der Waals surface area contributed by atoms with Gasteiger partial charge in [0.05, 0.1) is 13.4 Å². The van der Waals surface area contributed by atoms with E-state index >= 15 is 0 Å². The van der Waals surface area contributed by atoms with E-state index < -0.39 is 5.54 Å². The van der Waals surface area contributed by atoms with Crippen LogP contribution in [0.3, 0.4) is 0 Å². The maximum atomic E-state index is 7.33. The topological polar surface area (TPSA) is 77.1 Å². The normalized spacial score (nSPS) is 17.2. The van der Waals surface area contributed by atoms with E-state index in [-0.39, 0.29) is 6.02 Å². The fraction of sp³-hybridized carbons (Fsp3) is 0.160. The Morgan fingerprint density at radius 3 is 2.40 bits per heavy atom. The van der Waals surface area contributed by atoms with Gasteiger partial charge in [0.25, 0.3) is 6.02 Å². The van der Waals surface area contributed by atoms with Gasteiger partial charge in [-0.3, -0.25) is 0 Å². The molecule has 1 aliphatic rings. The van der Waals surface area contributed by atoms with Crippen molar-refractivity contribution in [1.82, 2.24) is 0 Å². The first-order valence-electron chi connectivity index (χ1n) is 9.58. The van der Waals surface area contributed by atoms with Gasteiger partial charge >= 0.3 is 0 Å². The molecule has 3 aromatic carbocycles. The van der Waals surface area contributed by atoms with Crippen LogP contribution in [0, 0.1) is 6.92 Å². The highest BCUT2D eigenvalue weighted by Gasteiger charge is 2.40. The van der Waals surface area contributed by atoms with Gasteiger partial charge in [-0.25, -0.2) is 4.99 Å². The lowest BCUT2D eigenvalue weighted by molar-refractivity contribution is 0.278. The van der Waals surface area contributed by atoms with Crippen molar-refractivity contribution in [3.05, 3.63) is 102 Å². The van der Waals surface area contributed by atoms with E-state index in [0.717, 1.165) is 34.3 Å². The van der Waals surface area contributed by atoms with Crippen LogP contribution in [0.1, 0.15) is 16.7 Å². The molecule has 1 aliphatic heterocycles. The van der Waals surface area contributed by atoms with Crippen LogP contribution in [-0.4, -0.2) is 24.8 Å². The minimum absolute atomic E-state index is 0.224. The van der Waals surface area contributed by atoms with E-state index in [1.165, 1.54) is 5.56 Å². The predicted octanol–water partition coefficient (Wildman–Crippen LogP) is 4.95. The lowest BCUT2D eigenvalue weighted by Gasteiger charge is -2.26. The molecule has 0 radical (unpaired) electrons. The SMILES string of the molecule is C=CO.COc1ccc(C)c(-c2cccc(C3(c4ccccc4)COC(N)=N3)c2)c1. The smallest absolute Gasteiger partial charge is 0.283 e. The van der Waals surface area contributed by atoms with E-state index in [0.29, 0.717) is 6.61 Å². The number of aryl methyl sites for hydroxylation is 1. The number of aliphatic imine (C=N–C) groups is 1. The van der Waals surface area contributed by atoms with Gasteiger partial charge in [-0.1, -0.05) is 61.2 Å². The summed E-state index contributed by atoms with van der Waals surface area (Å²) in [7, 11) is 1.68. The van der Waals surface area contributed by atoms with Crippen LogP contribution >= 0.6 is 0 Å². The molecule has 4 rings (SSSR count). The molecule has 3 N–H and O–H groups in total. The summed E-state index contributed by atoms with van der Waals surface area (Å²) in [5.41, 5.74) is 10.8. The first-order valence-corrected chi connectivity index (χ1v) is 9.58. The number of methoxy groups -OCH3 is 1. The molecule has 0 aliphatic carbocycles. The zero-order chi connectivity index (χ0) is 21.6. The van der Waals surface area contributed by atoms with Crippen molar-refractivity contribution >= 4 is 6.02 Å². The molecule has 5 heteroatoms. The second-order valence-electron chi connectivity index (χ2n) is 6.91. The quantitative estimate of drug-likeness (QED) is 0.606. The fourth-order valence-electron chi connectivity index (χ4n) is 3.59. The first-order chi connectivity index (χ1) is 14.5. The van der Waals surface area contributed by atoms with Gasteiger partial charge in [-0.2, -0.15) is 0 Å². The highest BCUT2D eigenvalue weighted by atomic mass is 16.5. The number of benzene rings is 3. The highest BCUT2D eigenvalue weighted by Crippen LogP contribution is 2.39. The summed E-state index contributed by atoms with van der Waals surface area (Å²) in [4.78, 5) is 4.70. The highest BCUT2D eigenvalue weighted by molar-refractivity contribution is 5.76. The Morgan fingerprint density at radius 2 is 1.77 bits per heavy atom. The van der Waals surface area contributed by atoms with Crippen LogP contribution in [0.25, 0.3) is 11.1 Å². The lowest BCUT2D eigenvalue weighted by atomic mass is 9.83. The van der Waals surface area contributed by atoms with Gasteiger partial charge in [0, 0.05) is 0 Å². The maximum absolute atomic E-state index is 7.33. The van der Waals surface area contributed by atoms with Crippen molar-refractivity contribution in [2.24, 2.45) is 10.7 Å². The molecule has 30 heavy (non-hydrogen) atoms. The van der Waals surface area contributed by atoms with E-state index in [1.54, 1.807) is 7.11 Å². The van der Waals surface area contributed by atoms with Crippen molar-refractivity contribution in [3.63, 3.8) is 0 Å². The standard InChI is InChI=1S/C23H22N2O2.C2H4O/c1-16-11-12-20(26-2)14-21(16)17-7-6-10-19(13-17)23(15-27-22(24)25-23)18-8-4-3-5-9-18;1-2-3/h3-14H,15H2,1-2H3,(H2,24,25);2-3H,1H2. The van der Waals surface area contributed by atoms with Crippen LogP contribution < -0.4 is 10.5 Å². The number of aliphatic hydroxyl groups is 1. The van der Waals surface area contributed by atoms with Crippen LogP contribution in [0.5, 0.6) is 5.75 Å². The molecule has 0 saturated carbocycles. The molecular weight excluding hydrogens is 376 g/mol. The molecule has 0 amide bonds. The van der Waals surface area contributed by atoms with Crippen molar-refractivity contribution in [2.75, 3.05) is 13.7 Å². The lowest BCUT2D eigenvalue weighted by Crippen LogP contribution is -2.27. The second-order valence-corrected chi connectivity index (χ2v) is 6.91. The average Bonchev–Trinajstić information content (AvgIpc) is 3.18. The summed E-state index contributed by atoms with van der Waals surface area (Å²) in [5, 5.41) is 7.33. The number of hydrogen-bond donors (Lipinski definition) is 2. The number of hydrogen-bond acceptors (Lipinski definition) is 5. The molecule has 0 bridgehead atoms. The molecule has 3 aromatic rings. The van der Waals surface area contributed by atoms with Gasteiger partial charge in [-0.05, 0) is 52.9 Å². The van der Waals surface area contributed by atoms with E-state index in [4.69, 9.17) is 25.3 Å². The maximum Gasteiger partial charge on any atom is 0.283 e. The largest absolute Gasteiger partial charge is 0.516 e. The Kier molecular flexibility index (Phi) is 6.42. The Balaban J connectivity index is 0.000000806. The summed E-state index contributed by atoms with van der Waals surface area (Å²) in [6.07, 6.45) is 0.750. The molecule has 0 spiro atoms. The third-order valence-corrected chi connectivity index (χ3v) is 5.08. The number of aliphatic hydroxyl groups excluding tert-OH is 1. The van der Waals surface area contributed by atoms with Gasteiger partial charge in [-0.15, -0.1) is 0 Å². The molecule has 1 atom stereocenters. The summed E-state index contributed by atoms with van der Waals surface area (Å²) in [5.74, 6) is 0.838. The second kappa shape index (κ2) is 9.18. The first kappa shape index (κ1) is 21.0. The minimum atomic E-state index is -0.631. The summed E-state index contributed by atoms with van der Waals surface area (Å²) in [6, 6.07) is 24.9. The third-order valence-electron chi connectivity index (χ3n) is 5.08. The monoisotopic (exact) mass is 402 g/mol. The zero-order valence-electron chi connectivity index (χ0n) is 17.2. The van der Waals surface area contributed by atoms with Crippen molar-refractivity contribution in [3.8, 4) is 16.9 Å². The van der Waals surface area contributed by atoms with Crippen LogP contribution in [0.15, 0.2) is 90.6 Å². The average molecular weight is 402 g/mol. The molecule has 1 heterocycles. The van der Waals surface area contributed by atoms with Crippen molar-refractivity contribution in [1.29, 1.82) is 0 Å². The Bertz CT molecular complexity index is 1050. The number of amidine groups is 1. The Labute approximate surface area is 177 Å². The Hall–Kier alpha value is -3.73. The molecular formula is C25H26N2O3. The van der Waals surface area contributed by atoms with E-state index in [2.05, 4.69) is 62.0 Å². The van der Waals surface area contributed by atoms with Gasteiger partial charge in [0.2, 0.25) is 0 Å². The van der Waals surface area contributed by atoms with Crippen LogP contribution in [0.4, 0.5) is 0 Å². The molecule has 1 unspecified atom stereocenters. The fourth-order valence-corrected chi connectivity index (χ4v) is 3.59. The van der Waals surface area contributed by atoms with Gasteiger partial charge in [0.15, 0.2) is 5.54 Å². The molecule has 154 valence electrons. The van der Waals surface area contributed by atoms with Crippen molar-refractivity contribution in [2.45, 2.75) is 12.5 Å². The number of rotatable bonds is 4. The van der Waals surface area contributed by atoms with E-state index in [9.17, 15) is 0 Å².